The smallest absolute Gasteiger partial charge is 0.235 e. The van der Waals surface area contributed by atoms with Gasteiger partial charge in [-0.1, -0.05) is 0 Å². The van der Waals surface area contributed by atoms with Gasteiger partial charge in [-0.15, -0.1) is 6.42 Å². The number of carbonyl (C=O) groups excluding carboxylic acids is 1. The van der Waals surface area contributed by atoms with E-state index in [2.05, 4.69) is 0 Å². The van der Waals surface area contributed by atoms with Gasteiger partial charge < -0.3 is 9.84 Å². The zero-order valence-corrected chi connectivity index (χ0v) is 7.07. The summed E-state index contributed by atoms with van der Waals surface area (Å²) in [7, 11) is 1.43. The molecule has 1 aromatic carbocycles. The Labute approximate surface area is 76.0 Å². The normalized spacial score (nSPS) is 8.92. The van der Waals surface area contributed by atoms with Crippen LogP contribution >= 0.6 is 0 Å². The van der Waals surface area contributed by atoms with Crippen molar-refractivity contribution in [1.82, 2.24) is 0 Å². The summed E-state index contributed by atoms with van der Waals surface area (Å²) >= 11 is 0. The number of hydrogen-bond acceptors (Lipinski definition) is 3. The van der Waals surface area contributed by atoms with Crippen LogP contribution < -0.4 is 4.74 Å². The maximum Gasteiger partial charge on any atom is 0.235 e. The number of benzene rings is 1. The van der Waals surface area contributed by atoms with Crippen LogP contribution in [0, 0.1) is 12.3 Å². The highest BCUT2D eigenvalue weighted by Crippen LogP contribution is 2.26. The van der Waals surface area contributed by atoms with E-state index in [9.17, 15) is 9.90 Å². The van der Waals surface area contributed by atoms with Crippen molar-refractivity contribution in [3.8, 4) is 23.8 Å². The monoisotopic (exact) mass is 176 g/mol. The summed E-state index contributed by atoms with van der Waals surface area (Å²) in [6.45, 7) is 0. The van der Waals surface area contributed by atoms with Crippen molar-refractivity contribution in [1.29, 1.82) is 0 Å². The van der Waals surface area contributed by atoms with E-state index < -0.39 is 5.78 Å². The summed E-state index contributed by atoms with van der Waals surface area (Å²) in [5.74, 6) is 1.71. The summed E-state index contributed by atoms with van der Waals surface area (Å²) in [5, 5.41) is 9.29. The van der Waals surface area contributed by atoms with Gasteiger partial charge in [0, 0.05) is 5.56 Å². The molecule has 3 heteroatoms. The summed E-state index contributed by atoms with van der Waals surface area (Å²) in [6.07, 6.45) is 4.91. The number of phenols is 1. The molecule has 0 saturated heterocycles. The Bertz CT molecular complexity index is 374. The van der Waals surface area contributed by atoms with Crippen LogP contribution in [0.15, 0.2) is 18.2 Å². The van der Waals surface area contributed by atoms with Gasteiger partial charge in [0.25, 0.3) is 0 Å². The van der Waals surface area contributed by atoms with Crippen LogP contribution in [0.25, 0.3) is 0 Å². The molecule has 0 amide bonds. The summed E-state index contributed by atoms with van der Waals surface area (Å²) in [4.78, 5) is 11.0. The number of ketones is 1. The molecule has 0 radical (unpaired) electrons. The van der Waals surface area contributed by atoms with E-state index in [1.165, 1.54) is 25.3 Å². The third-order valence-corrected chi connectivity index (χ3v) is 1.57. The second kappa shape index (κ2) is 3.63. The van der Waals surface area contributed by atoms with Gasteiger partial charge in [-0.25, -0.2) is 0 Å². The maximum atomic E-state index is 11.0. The molecule has 1 N–H and O–H groups in total. The minimum atomic E-state index is -0.460. The highest BCUT2D eigenvalue weighted by atomic mass is 16.5. The number of hydrogen-bond donors (Lipinski definition) is 1. The Kier molecular flexibility index (Phi) is 2.56. The molecule has 0 saturated carbocycles. The quantitative estimate of drug-likeness (QED) is 0.418. The minimum Gasteiger partial charge on any atom is -0.504 e. The average Bonchev–Trinajstić information content (AvgIpc) is 2.16. The molecule has 0 bridgehead atoms. The van der Waals surface area contributed by atoms with E-state index in [0.29, 0.717) is 5.75 Å². The molecular weight excluding hydrogens is 168 g/mol. The van der Waals surface area contributed by atoms with Crippen LogP contribution in [0.4, 0.5) is 0 Å². The zero-order chi connectivity index (χ0) is 9.84. The predicted molar refractivity (Wildman–Crippen MR) is 47.8 cm³/mol. The summed E-state index contributed by atoms with van der Waals surface area (Å²) in [5.41, 5.74) is 0.279. The molecule has 0 spiro atoms. The van der Waals surface area contributed by atoms with Gasteiger partial charge in [-0.2, -0.15) is 0 Å². The largest absolute Gasteiger partial charge is 0.504 e. The van der Waals surface area contributed by atoms with Crippen LogP contribution in [0.5, 0.6) is 11.5 Å². The second-order valence-electron chi connectivity index (χ2n) is 2.36. The van der Waals surface area contributed by atoms with Crippen LogP contribution in [0.2, 0.25) is 0 Å². The molecule has 13 heavy (non-hydrogen) atoms. The lowest BCUT2D eigenvalue weighted by atomic mass is 10.1. The third kappa shape index (κ3) is 1.79. The summed E-state index contributed by atoms with van der Waals surface area (Å²) in [6, 6.07) is 4.27. The Balaban J connectivity index is 3.11. The second-order valence-corrected chi connectivity index (χ2v) is 2.36. The standard InChI is InChI=1S/C10H8O3/c1-3-8(11)7-4-5-10(13-2)9(12)6-7/h1,4-6,12H,2H3. The van der Waals surface area contributed by atoms with Gasteiger partial charge in [0.15, 0.2) is 11.5 Å². The van der Waals surface area contributed by atoms with Crippen molar-refractivity contribution in [3.63, 3.8) is 0 Å². The van der Waals surface area contributed by atoms with Gasteiger partial charge in [-0.05, 0) is 24.1 Å². The summed E-state index contributed by atoms with van der Waals surface area (Å²) < 4.78 is 4.80. The van der Waals surface area contributed by atoms with Gasteiger partial charge in [0.2, 0.25) is 5.78 Å². The van der Waals surface area contributed by atoms with Crippen LogP contribution in [-0.2, 0) is 0 Å². The molecule has 3 nitrogen and oxygen atoms in total. The molecule has 0 atom stereocenters. The first-order valence-corrected chi connectivity index (χ1v) is 3.57. The van der Waals surface area contributed by atoms with Gasteiger partial charge in [0.05, 0.1) is 7.11 Å². The number of terminal acetylenes is 1. The molecule has 0 aliphatic heterocycles. The van der Waals surface area contributed by atoms with Gasteiger partial charge in [0.1, 0.15) is 0 Å². The lowest BCUT2D eigenvalue weighted by Crippen LogP contribution is -1.94. The first kappa shape index (κ1) is 9.14. The Morgan fingerprint density at radius 2 is 2.31 bits per heavy atom. The number of ether oxygens (including phenoxy) is 1. The fraction of sp³-hybridized carbons (Fsp3) is 0.100. The number of phenolic OH excluding ortho intramolecular Hbond substituents is 1. The molecular formula is C10H8O3. The maximum absolute atomic E-state index is 11.0. The lowest BCUT2D eigenvalue weighted by molar-refractivity contribution is 0.105. The number of rotatable bonds is 2. The molecule has 0 unspecified atom stereocenters. The molecule has 1 aromatic rings. The Morgan fingerprint density at radius 1 is 1.62 bits per heavy atom. The molecule has 0 aromatic heterocycles. The van der Waals surface area contributed by atoms with Crippen molar-refractivity contribution in [2.75, 3.05) is 7.11 Å². The van der Waals surface area contributed by atoms with E-state index in [1.54, 1.807) is 0 Å². The van der Waals surface area contributed by atoms with Crippen molar-refractivity contribution < 1.29 is 14.6 Å². The number of methoxy groups -OCH3 is 1. The number of carbonyl (C=O) groups is 1. The molecule has 0 aliphatic rings. The fourth-order valence-corrected chi connectivity index (χ4v) is 0.915. The number of Topliss-reactive ketones (excluding diaryl/α,β-unsaturated/α-hetero) is 1. The fourth-order valence-electron chi connectivity index (χ4n) is 0.915. The van der Waals surface area contributed by atoms with Gasteiger partial charge in [-0.3, -0.25) is 4.79 Å². The van der Waals surface area contributed by atoms with Crippen molar-refractivity contribution in [2.45, 2.75) is 0 Å². The zero-order valence-electron chi connectivity index (χ0n) is 7.07. The third-order valence-electron chi connectivity index (χ3n) is 1.57. The minimum absolute atomic E-state index is 0.0939. The topological polar surface area (TPSA) is 46.5 Å². The Hall–Kier alpha value is -1.95. The highest BCUT2D eigenvalue weighted by Gasteiger charge is 2.06. The van der Waals surface area contributed by atoms with Crippen molar-refractivity contribution >= 4 is 5.78 Å². The first-order chi connectivity index (χ1) is 6.19. The first-order valence-electron chi connectivity index (χ1n) is 3.57. The van der Waals surface area contributed by atoms with Crippen LogP contribution in [-0.4, -0.2) is 18.0 Å². The predicted octanol–water partition coefficient (Wildman–Crippen LogP) is 1.22. The lowest BCUT2D eigenvalue weighted by Gasteiger charge is -2.02. The van der Waals surface area contributed by atoms with E-state index in [0.717, 1.165) is 0 Å². The molecule has 0 aliphatic carbocycles. The van der Waals surface area contributed by atoms with E-state index in [1.807, 2.05) is 5.92 Å². The van der Waals surface area contributed by atoms with E-state index in [4.69, 9.17) is 11.2 Å². The molecule has 0 fully saturated rings. The van der Waals surface area contributed by atoms with Crippen molar-refractivity contribution in [2.24, 2.45) is 0 Å². The van der Waals surface area contributed by atoms with E-state index in [-0.39, 0.29) is 11.3 Å². The molecule has 1 rings (SSSR count). The highest BCUT2D eigenvalue weighted by molar-refractivity contribution is 6.08. The van der Waals surface area contributed by atoms with Gasteiger partial charge >= 0.3 is 0 Å². The SMILES string of the molecule is C#CC(=O)c1ccc(OC)c(O)c1. The van der Waals surface area contributed by atoms with Crippen molar-refractivity contribution in [3.05, 3.63) is 23.8 Å². The average molecular weight is 176 g/mol. The molecule has 0 heterocycles. The number of aromatic hydroxyl groups is 1. The van der Waals surface area contributed by atoms with Crippen LogP contribution in [0.1, 0.15) is 10.4 Å². The van der Waals surface area contributed by atoms with Crippen LogP contribution in [0.3, 0.4) is 0 Å². The molecule has 66 valence electrons. The van der Waals surface area contributed by atoms with E-state index >= 15 is 0 Å². The Morgan fingerprint density at radius 3 is 2.77 bits per heavy atom.